The molecule has 0 radical (unpaired) electrons. The van der Waals surface area contributed by atoms with E-state index in [1.807, 2.05) is 13.8 Å². The second-order valence-corrected chi connectivity index (χ2v) is 6.90. The molecule has 0 heterocycles. The molecule has 1 N–H and O–H groups in total. The summed E-state index contributed by atoms with van der Waals surface area (Å²) in [5, 5.41) is 2.69. The van der Waals surface area contributed by atoms with Crippen molar-refractivity contribution in [3.8, 4) is 11.5 Å². The fraction of sp³-hybridized carbons (Fsp3) is 0.300. The quantitative estimate of drug-likeness (QED) is 0.641. The lowest BCUT2D eigenvalue weighted by atomic mass is 10.2. The second-order valence-electron chi connectivity index (χ2n) is 5.98. The number of carbonyl (C=O) groups excluding carboxylic acids is 2. The lowest BCUT2D eigenvalue weighted by Crippen LogP contribution is -2.41. The molecule has 2 rings (SSSR count). The molecule has 7 heteroatoms. The number of carbonyl (C=O) groups is 2. The maximum absolute atomic E-state index is 12.3. The van der Waals surface area contributed by atoms with Gasteiger partial charge < -0.3 is 19.5 Å². The number of halogens is 1. The molecule has 0 aliphatic carbocycles. The van der Waals surface area contributed by atoms with Crippen molar-refractivity contribution in [2.24, 2.45) is 0 Å². The van der Waals surface area contributed by atoms with Gasteiger partial charge in [-0.25, -0.2) is 4.79 Å². The molecule has 27 heavy (non-hydrogen) atoms. The molecule has 0 fully saturated rings. The summed E-state index contributed by atoms with van der Waals surface area (Å²) in [7, 11) is 1.27. The van der Waals surface area contributed by atoms with Crippen molar-refractivity contribution in [3.63, 3.8) is 0 Å². The predicted molar refractivity (Wildman–Crippen MR) is 105 cm³/mol. The Morgan fingerprint density at radius 2 is 1.52 bits per heavy atom. The van der Waals surface area contributed by atoms with Crippen LogP contribution in [0.3, 0.4) is 0 Å². The van der Waals surface area contributed by atoms with E-state index in [1.165, 1.54) is 7.11 Å². The molecule has 0 spiro atoms. The van der Waals surface area contributed by atoms with Crippen molar-refractivity contribution in [2.75, 3.05) is 13.7 Å². The van der Waals surface area contributed by atoms with E-state index in [2.05, 4.69) is 21.2 Å². The number of benzene rings is 2. The van der Waals surface area contributed by atoms with Gasteiger partial charge in [-0.05, 0) is 62.4 Å². The summed E-state index contributed by atoms with van der Waals surface area (Å²) in [5.41, 5.74) is 0.457. The Kier molecular flexibility index (Phi) is 7.67. The molecule has 2 aromatic rings. The van der Waals surface area contributed by atoms with Gasteiger partial charge in [-0.15, -0.1) is 0 Å². The second kappa shape index (κ2) is 9.97. The molecule has 0 saturated carbocycles. The van der Waals surface area contributed by atoms with Crippen LogP contribution >= 0.6 is 15.9 Å². The number of nitrogens with one attached hydrogen (secondary N) is 1. The number of methoxy groups -OCH3 is 1. The largest absolute Gasteiger partial charge is 0.491 e. The number of hydrogen-bond acceptors (Lipinski definition) is 5. The highest BCUT2D eigenvalue weighted by atomic mass is 79.9. The van der Waals surface area contributed by atoms with Crippen LogP contribution in [-0.4, -0.2) is 37.7 Å². The van der Waals surface area contributed by atoms with Crippen molar-refractivity contribution in [3.05, 3.63) is 58.6 Å². The zero-order chi connectivity index (χ0) is 19.8. The summed E-state index contributed by atoms with van der Waals surface area (Å²) in [6.45, 7) is 3.84. The Labute approximate surface area is 166 Å². The Bertz CT molecular complexity index is 759. The van der Waals surface area contributed by atoms with Crippen molar-refractivity contribution in [2.45, 2.75) is 26.1 Å². The maximum atomic E-state index is 12.3. The summed E-state index contributed by atoms with van der Waals surface area (Å²) in [6, 6.07) is 13.8. The van der Waals surface area contributed by atoms with E-state index in [-0.39, 0.29) is 18.6 Å². The first-order chi connectivity index (χ1) is 12.9. The molecular weight excluding hydrogens is 414 g/mol. The highest BCUT2D eigenvalue weighted by molar-refractivity contribution is 9.10. The van der Waals surface area contributed by atoms with Gasteiger partial charge in [0.05, 0.1) is 19.8 Å². The summed E-state index contributed by atoms with van der Waals surface area (Å²) >= 11 is 3.33. The van der Waals surface area contributed by atoms with Crippen LogP contribution in [0.15, 0.2) is 53.0 Å². The fourth-order valence-electron chi connectivity index (χ4n) is 2.23. The Morgan fingerprint density at radius 1 is 0.963 bits per heavy atom. The first-order valence-electron chi connectivity index (χ1n) is 8.44. The van der Waals surface area contributed by atoms with Crippen LogP contribution in [-0.2, 0) is 9.53 Å². The first kappa shape index (κ1) is 20.8. The van der Waals surface area contributed by atoms with Crippen LogP contribution in [0.25, 0.3) is 0 Å². The van der Waals surface area contributed by atoms with Gasteiger partial charge in [0, 0.05) is 10.0 Å². The molecule has 1 amide bonds. The molecule has 0 bridgehead atoms. The van der Waals surface area contributed by atoms with E-state index in [4.69, 9.17) is 14.2 Å². The van der Waals surface area contributed by atoms with Gasteiger partial charge >= 0.3 is 5.97 Å². The average molecular weight is 436 g/mol. The summed E-state index contributed by atoms with van der Waals surface area (Å²) in [6.07, 6.45) is -0.898. The minimum absolute atomic E-state index is 0.0220. The minimum Gasteiger partial charge on any atom is -0.491 e. The maximum Gasteiger partial charge on any atom is 0.348 e. The lowest BCUT2D eigenvalue weighted by Gasteiger charge is -2.17. The third-order valence-electron chi connectivity index (χ3n) is 3.49. The van der Waals surface area contributed by atoms with E-state index in [1.54, 1.807) is 48.5 Å². The van der Waals surface area contributed by atoms with Crippen LogP contribution in [0.4, 0.5) is 0 Å². The molecule has 0 unspecified atom stereocenters. The number of esters is 1. The van der Waals surface area contributed by atoms with E-state index in [0.29, 0.717) is 17.1 Å². The molecule has 0 saturated heterocycles. The van der Waals surface area contributed by atoms with Crippen LogP contribution in [0.2, 0.25) is 0 Å². The summed E-state index contributed by atoms with van der Waals surface area (Å²) in [4.78, 5) is 24.3. The van der Waals surface area contributed by atoms with Crippen molar-refractivity contribution >= 4 is 27.8 Å². The molecule has 0 aliphatic rings. The number of amides is 1. The van der Waals surface area contributed by atoms with Crippen molar-refractivity contribution in [1.29, 1.82) is 0 Å². The van der Waals surface area contributed by atoms with Gasteiger partial charge in [0.1, 0.15) is 11.5 Å². The molecule has 2 aromatic carbocycles. The predicted octanol–water partition coefficient (Wildman–Crippen LogP) is 3.59. The van der Waals surface area contributed by atoms with Gasteiger partial charge in [-0.1, -0.05) is 15.9 Å². The van der Waals surface area contributed by atoms with Crippen LogP contribution < -0.4 is 14.8 Å². The Morgan fingerprint density at radius 3 is 2.07 bits per heavy atom. The monoisotopic (exact) mass is 435 g/mol. The van der Waals surface area contributed by atoms with Gasteiger partial charge in [0.2, 0.25) is 6.10 Å². The molecule has 6 nitrogen and oxygen atoms in total. The Hall–Kier alpha value is -2.54. The van der Waals surface area contributed by atoms with Crippen molar-refractivity contribution in [1.82, 2.24) is 5.32 Å². The standard InChI is InChI=1S/C20H22BrNO5/c1-13(2)26-16-8-4-14(5-9-16)19(23)22-12-18(20(24)25-3)27-17-10-6-15(21)7-11-17/h4-11,13,18H,12H2,1-3H3,(H,22,23)/t18-/m0/s1. The summed E-state index contributed by atoms with van der Waals surface area (Å²) in [5.74, 6) is 0.295. The first-order valence-corrected chi connectivity index (χ1v) is 9.23. The van der Waals surface area contributed by atoms with Gasteiger partial charge in [-0.2, -0.15) is 0 Å². The van der Waals surface area contributed by atoms with Crippen LogP contribution in [0.1, 0.15) is 24.2 Å². The van der Waals surface area contributed by atoms with E-state index in [9.17, 15) is 9.59 Å². The van der Waals surface area contributed by atoms with Crippen LogP contribution in [0, 0.1) is 0 Å². The summed E-state index contributed by atoms with van der Waals surface area (Å²) < 4.78 is 16.8. The highest BCUT2D eigenvalue weighted by Gasteiger charge is 2.22. The van der Waals surface area contributed by atoms with E-state index < -0.39 is 12.1 Å². The average Bonchev–Trinajstić information content (AvgIpc) is 2.66. The topological polar surface area (TPSA) is 73.9 Å². The van der Waals surface area contributed by atoms with Crippen molar-refractivity contribution < 1.29 is 23.8 Å². The van der Waals surface area contributed by atoms with Gasteiger partial charge in [0.15, 0.2) is 0 Å². The third kappa shape index (κ3) is 6.60. The zero-order valence-electron chi connectivity index (χ0n) is 15.4. The SMILES string of the molecule is COC(=O)[C@H](CNC(=O)c1ccc(OC(C)C)cc1)Oc1ccc(Br)cc1. The lowest BCUT2D eigenvalue weighted by molar-refractivity contribution is -0.148. The van der Waals surface area contributed by atoms with E-state index in [0.717, 1.165) is 4.47 Å². The number of hydrogen-bond donors (Lipinski definition) is 1. The molecule has 144 valence electrons. The smallest absolute Gasteiger partial charge is 0.348 e. The molecular formula is C20H22BrNO5. The number of ether oxygens (including phenoxy) is 3. The third-order valence-corrected chi connectivity index (χ3v) is 4.02. The van der Waals surface area contributed by atoms with E-state index >= 15 is 0 Å². The molecule has 0 aliphatic heterocycles. The fourth-order valence-corrected chi connectivity index (χ4v) is 2.49. The normalized spacial score (nSPS) is 11.6. The zero-order valence-corrected chi connectivity index (χ0v) is 17.0. The Balaban J connectivity index is 1.97. The van der Waals surface area contributed by atoms with Gasteiger partial charge in [-0.3, -0.25) is 4.79 Å². The number of rotatable bonds is 8. The molecule has 0 aromatic heterocycles. The highest BCUT2D eigenvalue weighted by Crippen LogP contribution is 2.18. The minimum atomic E-state index is -0.955. The van der Waals surface area contributed by atoms with Gasteiger partial charge in [0.25, 0.3) is 5.91 Å². The molecule has 1 atom stereocenters. The van der Waals surface area contributed by atoms with Crippen LogP contribution in [0.5, 0.6) is 11.5 Å².